The first-order chi connectivity index (χ1) is 8.70. The van der Waals surface area contributed by atoms with Gasteiger partial charge in [-0.05, 0) is 24.3 Å². The molecule has 0 bridgehead atoms. The van der Waals surface area contributed by atoms with Crippen LogP contribution in [0.1, 0.15) is 5.69 Å². The molecule has 0 aliphatic heterocycles. The Labute approximate surface area is 109 Å². The molecule has 6 heteroatoms. The van der Waals surface area contributed by atoms with E-state index in [0.717, 1.165) is 5.69 Å². The summed E-state index contributed by atoms with van der Waals surface area (Å²) in [7, 11) is 1.49. The van der Waals surface area contributed by atoms with Crippen molar-refractivity contribution in [3.8, 4) is 5.88 Å². The summed E-state index contributed by atoms with van der Waals surface area (Å²) in [5.74, 6) is 0.422. The normalized spacial score (nSPS) is 9.89. The molecule has 0 atom stereocenters. The van der Waals surface area contributed by atoms with E-state index >= 15 is 0 Å². The van der Waals surface area contributed by atoms with Gasteiger partial charge in [-0.25, -0.2) is 9.97 Å². The molecule has 0 unspecified atom stereocenters. The van der Waals surface area contributed by atoms with Gasteiger partial charge in [0.2, 0.25) is 5.88 Å². The largest absolute Gasteiger partial charge is 0.479 e. The van der Waals surface area contributed by atoms with E-state index in [4.69, 9.17) is 21.7 Å². The predicted octanol–water partition coefficient (Wildman–Crippen LogP) is 2.58. The van der Waals surface area contributed by atoms with E-state index in [0.29, 0.717) is 16.6 Å². The molecule has 5 nitrogen and oxygen atoms in total. The first-order valence-electron chi connectivity index (χ1n) is 5.17. The molecule has 1 heterocycles. The fourth-order valence-corrected chi connectivity index (χ4v) is 1.51. The van der Waals surface area contributed by atoms with Crippen molar-refractivity contribution in [1.29, 1.82) is 5.41 Å². The standard InChI is InChI=1S/C12H11ClN4O/c1-18-12-10(15-6-7-16-12)11(14)17-9-4-2-8(13)3-5-9/h2-7H,1H3,(H2,14,17). The summed E-state index contributed by atoms with van der Waals surface area (Å²) in [6.45, 7) is 0. The SMILES string of the molecule is COc1nccnc1C(=N)Nc1ccc(Cl)cc1. The summed E-state index contributed by atoms with van der Waals surface area (Å²) in [6.07, 6.45) is 3.02. The van der Waals surface area contributed by atoms with Gasteiger partial charge in [-0.3, -0.25) is 5.41 Å². The van der Waals surface area contributed by atoms with E-state index in [2.05, 4.69) is 15.3 Å². The molecule has 18 heavy (non-hydrogen) atoms. The lowest BCUT2D eigenvalue weighted by atomic mass is 10.3. The number of rotatable bonds is 3. The van der Waals surface area contributed by atoms with Gasteiger partial charge in [0.25, 0.3) is 0 Å². The van der Waals surface area contributed by atoms with Crippen LogP contribution in [-0.4, -0.2) is 22.9 Å². The molecule has 0 amide bonds. The Morgan fingerprint density at radius 1 is 1.22 bits per heavy atom. The second-order valence-corrected chi connectivity index (χ2v) is 3.86. The first kappa shape index (κ1) is 12.3. The number of hydrogen-bond donors (Lipinski definition) is 2. The minimum Gasteiger partial charge on any atom is -0.479 e. The molecular formula is C12H11ClN4O. The Balaban J connectivity index is 2.19. The van der Waals surface area contributed by atoms with Crippen LogP contribution in [0.5, 0.6) is 5.88 Å². The Bertz CT molecular complexity index is 556. The van der Waals surface area contributed by atoms with Gasteiger partial charge in [0, 0.05) is 23.1 Å². The molecule has 1 aromatic heterocycles. The molecule has 2 rings (SSSR count). The number of anilines is 1. The number of benzene rings is 1. The summed E-state index contributed by atoms with van der Waals surface area (Å²) in [5.41, 5.74) is 1.10. The minimum absolute atomic E-state index is 0.113. The summed E-state index contributed by atoms with van der Waals surface area (Å²) in [6, 6.07) is 7.04. The van der Waals surface area contributed by atoms with Gasteiger partial charge < -0.3 is 10.1 Å². The van der Waals surface area contributed by atoms with Gasteiger partial charge in [-0.1, -0.05) is 11.6 Å². The molecule has 92 valence electrons. The quantitative estimate of drug-likeness (QED) is 0.659. The molecular weight excluding hydrogens is 252 g/mol. The zero-order valence-electron chi connectivity index (χ0n) is 9.64. The van der Waals surface area contributed by atoms with E-state index < -0.39 is 0 Å². The number of nitrogens with zero attached hydrogens (tertiary/aromatic N) is 2. The fraction of sp³-hybridized carbons (Fsp3) is 0.0833. The third-order valence-corrected chi connectivity index (χ3v) is 2.46. The van der Waals surface area contributed by atoms with Crippen LogP contribution in [0.25, 0.3) is 0 Å². The van der Waals surface area contributed by atoms with Gasteiger partial charge in [0.1, 0.15) is 0 Å². The predicted molar refractivity (Wildman–Crippen MR) is 70.5 cm³/mol. The van der Waals surface area contributed by atoms with Crippen molar-refractivity contribution in [2.45, 2.75) is 0 Å². The maximum absolute atomic E-state index is 7.94. The van der Waals surface area contributed by atoms with Crippen molar-refractivity contribution in [3.05, 3.63) is 47.4 Å². The van der Waals surface area contributed by atoms with Gasteiger partial charge in [0.15, 0.2) is 11.5 Å². The van der Waals surface area contributed by atoms with Gasteiger partial charge in [0.05, 0.1) is 7.11 Å². The second kappa shape index (κ2) is 5.46. The lowest BCUT2D eigenvalue weighted by Crippen LogP contribution is -2.15. The molecule has 1 aromatic carbocycles. The minimum atomic E-state index is 0.113. The van der Waals surface area contributed by atoms with E-state index in [1.807, 2.05) is 0 Å². The maximum Gasteiger partial charge on any atom is 0.243 e. The molecule has 2 N–H and O–H groups in total. The molecule has 0 aliphatic carbocycles. The third kappa shape index (κ3) is 2.75. The zero-order valence-corrected chi connectivity index (χ0v) is 10.4. The topological polar surface area (TPSA) is 70.9 Å². The summed E-state index contributed by atoms with van der Waals surface area (Å²) >= 11 is 5.79. The highest BCUT2D eigenvalue weighted by Crippen LogP contribution is 2.16. The average Bonchev–Trinajstić information content (AvgIpc) is 2.41. The number of amidine groups is 1. The van der Waals surface area contributed by atoms with Crippen molar-refractivity contribution < 1.29 is 4.74 Å². The molecule has 0 saturated carbocycles. The van der Waals surface area contributed by atoms with Crippen LogP contribution < -0.4 is 10.1 Å². The smallest absolute Gasteiger partial charge is 0.243 e. The van der Waals surface area contributed by atoms with Crippen LogP contribution in [0.3, 0.4) is 0 Å². The van der Waals surface area contributed by atoms with Crippen molar-refractivity contribution in [3.63, 3.8) is 0 Å². The maximum atomic E-state index is 7.94. The molecule has 0 spiro atoms. The summed E-state index contributed by atoms with van der Waals surface area (Å²) < 4.78 is 5.05. The van der Waals surface area contributed by atoms with Crippen LogP contribution in [0.15, 0.2) is 36.7 Å². The lowest BCUT2D eigenvalue weighted by molar-refractivity contribution is 0.394. The van der Waals surface area contributed by atoms with E-state index in [9.17, 15) is 0 Å². The van der Waals surface area contributed by atoms with Gasteiger partial charge in [-0.15, -0.1) is 0 Å². The zero-order chi connectivity index (χ0) is 13.0. The molecule has 0 saturated heterocycles. The van der Waals surface area contributed by atoms with Crippen molar-refractivity contribution in [2.75, 3.05) is 12.4 Å². The summed E-state index contributed by atoms with van der Waals surface area (Å²) in [5, 5.41) is 11.5. The molecule has 0 radical (unpaired) electrons. The van der Waals surface area contributed by atoms with Crippen LogP contribution in [-0.2, 0) is 0 Å². The Hall–Kier alpha value is -2.14. The van der Waals surface area contributed by atoms with Crippen LogP contribution in [0.4, 0.5) is 5.69 Å². The lowest BCUT2D eigenvalue weighted by Gasteiger charge is -2.09. The fourth-order valence-electron chi connectivity index (χ4n) is 1.38. The highest BCUT2D eigenvalue weighted by atomic mass is 35.5. The van der Waals surface area contributed by atoms with E-state index in [1.54, 1.807) is 24.3 Å². The van der Waals surface area contributed by atoms with Crippen LogP contribution in [0, 0.1) is 5.41 Å². The second-order valence-electron chi connectivity index (χ2n) is 3.42. The first-order valence-corrected chi connectivity index (χ1v) is 5.55. The van der Waals surface area contributed by atoms with Gasteiger partial charge in [-0.2, -0.15) is 0 Å². The number of methoxy groups -OCH3 is 1. The molecule has 0 aliphatic rings. The Morgan fingerprint density at radius 2 is 1.89 bits per heavy atom. The van der Waals surface area contributed by atoms with Gasteiger partial charge >= 0.3 is 0 Å². The van der Waals surface area contributed by atoms with Crippen LogP contribution >= 0.6 is 11.6 Å². The number of halogens is 1. The number of hydrogen-bond acceptors (Lipinski definition) is 4. The monoisotopic (exact) mass is 262 g/mol. The summed E-state index contributed by atoms with van der Waals surface area (Å²) in [4.78, 5) is 8.05. The van der Waals surface area contributed by atoms with Crippen molar-refractivity contribution >= 4 is 23.1 Å². The van der Waals surface area contributed by atoms with E-state index in [-0.39, 0.29) is 5.84 Å². The Morgan fingerprint density at radius 3 is 2.56 bits per heavy atom. The third-order valence-electron chi connectivity index (χ3n) is 2.21. The number of aromatic nitrogens is 2. The Kier molecular flexibility index (Phi) is 3.74. The highest BCUT2D eigenvalue weighted by Gasteiger charge is 2.11. The van der Waals surface area contributed by atoms with Crippen molar-refractivity contribution in [1.82, 2.24) is 9.97 Å². The van der Waals surface area contributed by atoms with Crippen LogP contribution in [0.2, 0.25) is 5.02 Å². The average molecular weight is 263 g/mol. The number of ether oxygens (including phenoxy) is 1. The number of nitrogens with one attached hydrogen (secondary N) is 2. The molecule has 2 aromatic rings. The highest BCUT2D eigenvalue weighted by molar-refractivity contribution is 6.30. The van der Waals surface area contributed by atoms with E-state index in [1.165, 1.54) is 19.5 Å². The van der Waals surface area contributed by atoms with Crippen molar-refractivity contribution in [2.24, 2.45) is 0 Å². The molecule has 0 fully saturated rings.